The van der Waals surface area contributed by atoms with Gasteiger partial charge in [-0.2, -0.15) is 5.10 Å². The summed E-state index contributed by atoms with van der Waals surface area (Å²) in [6.45, 7) is 3.99. The largest absolute Gasteiger partial charge is 0.477 e. The Bertz CT molecular complexity index is 854. The van der Waals surface area contributed by atoms with Crippen LogP contribution in [0.4, 0.5) is 10.1 Å². The van der Waals surface area contributed by atoms with Gasteiger partial charge in [0, 0.05) is 4.47 Å². The summed E-state index contributed by atoms with van der Waals surface area (Å²) in [7, 11) is 0. The van der Waals surface area contributed by atoms with E-state index in [0.717, 1.165) is 5.56 Å². The second-order valence-corrected chi connectivity index (χ2v) is 6.76. The van der Waals surface area contributed by atoms with Crippen molar-refractivity contribution in [2.24, 2.45) is 5.10 Å². The molecule has 128 valence electrons. The molecular weight excluding hydrogens is 387 g/mol. The molecule has 2 aromatic carbocycles. The molecule has 1 aliphatic rings. The number of carbonyl (C=O) groups is 1. The summed E-state index contributed by atoms with van der Waals surface area (Å²) in [4.78, 5) is 11.9. The highest BCUT2D eigenvalue weighted by Gasteiger charge is 2.47. The van der Waals surface area contributed by atoms with Crippen molar-refractivity contribution in [3.63, 3.8) is 0 Å². The van der Waals surface area contributed by atoms with Crippen LogP contribution in [0.25, 0.3) is 0 Å². The smallest absolute Gasteiger partial charge is 0.353 e. The van der Waals surface area contributed by atoms with Gasteiger partial charge in [-0.1, -0.05) is 52.3 Å². The molecule has 2 aromatic rings. The number of allylic oxidation sites excluding steroid dienone is 1. The molecule has 0 saturated heterocycles. The number of carboxylic acids is 1. The van der Waals surface area contributed by atoms with Crippen LogP contribution in [0.2, 0.25) is 0 Å². The fraction of sp³-hybridized carbons (Fsp3) is 0.158. The zero-order valence-electron chi connectivity index (χ0n) is 13.3. The van der Waals surface area contributed by atoms with E-state index in [9.17, 15) is 14.3 Å². The summed E-state index contributed by atoms with van der Waals surface area (Å²) in [6.07, 6.45) is 2.06. The Hall–Kier alpha value is -2.47. The van der Waals surface area contributed by atoms with Gasteiger partial charge in [0.1, 0.15) is 5.82 Å². The van der Waals surface area contributed by atoms with Crippen LogP contribution in [0.15, 0.2) is 70.8 Å². The highest BCUT2D eigenvalue weighted by atomic mass is 79.9. The third kappa shape index (κ3) is 3.09. The maximum Gasteiger partial charge on any atom is 0.353 e. The standard InChI is InChI=1S/C19H16BrFN2O2/c1-2-10-19(13-6-4-3-5-7-13)12-23(22-17(19)18(24)25)16-11-14(20)8-9-15(16)21/h2-9,11H,1,10,12H2,(H,24,25). The SMILES string of the molecule is C=CCC1(c2ccccc2)CN(c2cc(Br)ccc2F)N=C1C(=O)O. The van der Waals surface area contributed by atoms with E-state index in [1.54, 1.807) is 18.2 Å². The van der Waals surface area contributed by atoms with Crippen molar-refractivity contribution in [1.82, 2.24) is 0 Å². The van der Waals surface area contributed by atoms with Crippen molar-refractivity contribution in [3.8, 4) is 0 Å². The fourth-order valence-corrected chi connectivity index (χ4v) is 3.51. The van der Waals surface area contributed by atoms with Gasteiger partial charge in [-0.3, -0.25) is 5.01 Å². The molecule has 0 saturated carbocycles. The van der Waals surface area contributed by atoms with Crippen LogP contribution >= 0.6 is 15.9 Å². The number of nitrogens with zero attached hydrogens (tertiary/aromatic N) is 2. The number of halogens is 2. The van der Waals surface area contributed by atoms with Crippen molar-refractivity contribution < 1.29 is 14.3 Å². The quantitative estimate of drug-likeness (QED) is 0.755. The van der Waals surface area contributed by atoms with E-state index in [4.69, 9.17) is 0 Å². The van der Waals surface area contributed by atoms with Crippen LogP contribution in [0.1, 0.15) is 12.0 Å². The minimum absolute atomic E-state index is 0.0158. The summed E-state index contributed by atoms with van der Waals surface area (Å²) < 4.78 is 15.0. The van der Waals surface area contributed by atoms with E-state index in [-0.39, 0.29) is 17.9 Å². The first-order chi connectivity index (χ1) is 12.0. The maximum atomic E-state index is 14.3. The number of aliphatic carboxylic acids is 1. The lowest BCUT2D eigenvalue weighted by molar-refractivity contribution is -0.129. The van der Waals surface area contributed by atoms with E-state index < -0.39 is 17.2 Å². The minimum Gasteiger partial charge on any atom is -0.477 e. The summed E-state index contributed by atoms with van der Waals surface area (Å²) in [5.41, 5.74) is 0.144. The van der Waals surface area contributed by atoms with E-state index in [1.807, 2.05) is 30.3 Å². The van der Waals surface area contributed by atoms with E-state index in [2.05, 4.69) is 27.6 Å². The summed E-state index contributed by atoms with van der Waals surface area (Å²) >= 11 is 3.32. The topological polar surface area (TPSA) is 52.9 Å². The van der Waals surface area contributed by atoms with Crippen LogP contribution in [0.3, 0.4) is 0 Å². The second-order valence-electron chi connectivity index (χ2n) is 5.85. The Balaban J connectivity index is 2.14. The van der Waals surface area contributed by atoms with Gasteiger partial charge in [-0.25, -0.2) is 9.18 Å². The van der Waals surface area contributed by atoms with Crippen molar-refractivity contribution in [2.45, 2.75) is 11.8 Å². The Labute approximate surface area is 153 Å². The molecule has 1 atom stereocenters. The monoisotopic (exact) mass is 402 g/mol. The Kier molecular flexibility index (Phi) is 4.72. The number of carboxylic acid groups (broad SMARTS) is 1. The van der Waals surface area contributed by atoms with Gasteiger partial charge in [0.05, 0.1) is 17.6 Å². The number of hydrogen-bond donors (Lipinski definition) is 1. The highest BCUT2D eigenvalue weighted by Crippen LogP contribution is 2.39. The first-order valence-electron chi connectivity index (χ1n) is 7.69. The molecule has 1 heterocycles. The lowest BCUT2D eigenvalue weighted by Crippen LogP contribution is -2.41. The molecular formula is C19H16BrFN2O2. The normalized spacial score (nSPS) is 19.6. The molecule has 1 N–H and O–H groups in total. The maximum absolute atomic E-state index is 14.3. The van der Waals surface area contributed by atoms with E-state index >= 15 is 0 Å². The average molecular weight is 403 g/mol. The van der Waals surface area contributed by atoms with Gasteiger partial charge < -0.3 is 5.11 Å². The summed E-state index contributed by atoms with van der Waals surface area (Å²) in [5, 5.41) is 15.4. The number of benzene rings is 2. The molecule has 0 radical (unpaired) electrons. The molecule has 3 rings (SSSR count). The molecule has 0 aliphatic carbocycles. The molecule has 0 spiro atoms. The molecule has 0 fully saturated rings. The third-order valence-corrected chi connectivity index (χ3v) is 4.79. The molecule has 1 aliphatic heterocycles. The number of anilines is 1. The van der Waals surface area contributed by atoms with Crippen molar-refractivity contribution in [1.29, 1.82) is 0 Å². The summed E-state index contributed by atoms with van der Waals surface area (Å²) in [6, 6.07) is 13.8. The molecule has 0 aromatic heterocycles. The van der Waals surface area contributed by atoms with Gasteiger partial charge >= 0.3 is 5.97 Å². The Morgan fingerprint density at radius 3 is 2.72 bits per heavy atom. The molecule has 0 amide bonds. The van der Waals surface area contributed by atoms with Crippen molar-refractivity contribution in [3.05, 3.63) is 77.0 Å². The number of hydrogen-bond acceptors (Lipinski definition) is 3. The predicted octanol–water partition coefficient (Wildman–Crippen LogP) is 4.36. The van der Waals surface area contributed by atoms with Crippen molar-refractivity contribution >= 4 is 33.3 Å². The van der Waals surface area contributed by atoms with Crippen LogP contribution in [-0.4, -0.2) is 23.3 Å². The van der Waals surface area contributed by atoms with Crippen LogP contribution in [0, 0.1) is 5.82 Å². The zero-order chi connectivity index (χ0) is 18.0. The van der Waals surface area contributed by atoms with Crippen LogP contribution in [0.5, 0.6) is 0 Å². The highest BCUT2D eigenvalue weighted by molar-refractivity contribution is 9.10. The van der Waals surface area contributed by atoms with Crippen molar-refractivity contribution in [2.75, 3.05) is 11.6 Å². The van der Waals surface area contributed by atoms with Gasteiger partial charge in [0.15, 0.2) is 5.71 Å². The predicted molar refractivity (Wildman–Crippen MR) is 99.5 cm³/mol. The minimum atomic E-state index is -1.12. The zero-order valence-corrected chi connectivity index (χ0v) is 14.9. The number of rotatable bonds is 5. The van der Waals surface area contributed by atoms with Gasteiger partial charge in [-0.15, -0.1) is 6.58 Å². The fourth-order valence-electron chi connectivity index (χ4n) is 3.16. The molecule has 25 heavy (non-hydrogen) atoms. The lowest BCUT2D eigenvalue weighted by Gasteiger charge is -2.29. The molecule has 0 bridgehead atoms. The molecule has 1 unspecified atom stereocenters. The average Bonchev–Trinajstić information content (AvgIpc) is 2.99. The van der Waals surface area contributed by atoms with Gasteiger partial charge in [-0.05, 0) is 30.2 Å². The molecule has 4 nitrogen and oxygen atoms in total. The van der Waals surface area contributed by atoms with Gasteiger partial charge in [0.2, 0.25) is 0 Å². The van der Waals surface area contributed by atoms with E-state index in [0.29, 0.717) is 10.9 Å². The lowest BCUT2D eigenvalue weighted by atomic mass is 9.74. The third-order valence-electron chi connectivity index (χ3n) is 4.30. The molecule has 6 heteroatoms. The van der Waals surface area contributed by atoms with Gasteiger partial charge in [0.25, 0.3) is 0 Å². The first-order valence-corrected chi connectivity index (χ1v) is 8.48. The second kappa shape index (κ2) is 6.80. The van der Waals surface area contributed by atoms with Crippen LogP contribution < -0.4 is 5.01 Å². The Morgan fingerprint density at radius 1 is 1.36 bits per heavy atom. The van der Waals surface area contributed by atoms with E-state index in [1.165, 1.54) is 11.1 Å². The van der Waals surface area contributed by atoms with Crippen LogP contribution in [-0.2, 0) is 10.2 Å². The Morgan fingerprint density at radius 2 is 2.08 bits per heavy atom. The number of hydrazone groups is 1. The summed E-state index contributed by atoms with van der Waals surface area (Å²) in [5.74, 6) is -1.58. The first kappa shape index (κ1) is 17.4.